The van der Waals surface area contributed by atoms with E-state index in [2.05, 4.69) is 4.98 Å². The molecule has 1 aliphatic rings. The van der Waals surface area contributed by atoms with Gasteiger partial charge in [-0.1, -0.05) is 11.3 Å². The highest BCUT2D eigenvalue weighted by molar-refractivity contribution is 7.22. The number of thiazole rings is 1. The molecule has 0 saturated carbocycles. The molecule has 2 aromatic rings. The van der Waals surface area contributed by atoms with Crippen LogP contribution in [0.5, 0.6) is 0 Å². The number of anilines is 1. The fourth-order valence-corrected chi connectivity index (χ4v) is 3.17. The number of aromatic nitrogens is 1. The standard InChI is InChI=1S/C13H15N3O2S/c14-13-15-10-4-3-8(6-11(10)19-13)12(18)16-5-1-2-9(17)7-16/h3-4,6,9,17H,1-2,5,7H2,(H2,14,15). The molecule has 6 heteroatoms. The monoisotopic (exact) mass is 277 g/mol. The first-order valence-electron chi connectivity index (χ1n) is 6.27. The summed E-state index contributed by atoms with van der Waals surface area (Å²) in [6, 6.07) is 5.41. The van der Waals surface area contributed by atoms with Crippen molar-refractivity contribution in [2.75, 3.05) is 18.8 Å². The van der Waals surface area contributed by atoms with E-state index in [4.69, 9.17) is 5.73 Å². The van der Waals surface area contributed by atoms with E-state index in [1.54, 1.807) is 11.0 Å². The SMILES string of the molecule is Nc1nc2ccc(C(=O)N3CCCC(O)C3)cc2s1. The van der Waals surface area contributed by atoms with E-state index in [-0.39, 0.29) is 5.91 Å². The van der Waals surface area contributed by atoms with Gasteiger partial charge in [-0.3, -0.25) is 4.79 Å². The molecule has 1 fully saturated rings. The summed E-state index contributed by atoms with van der Waals surface area (Å²) in [5.41, 5.74) is 7.10. The Morgan fingerprint density at radius 2 is 2.37 bits per heavy atom. The lowest BCUT2D eigenvalue weighted by Crippen LogP contribution is -2.42. The maximum atomic E-state index is 12.4. The van der Waals surface area contributed by atoms with Gasteiger partial charge in [-0.25, -0.2) is 4.98 Å². The van der Waals surface area contributed by atoms with Crippen LogP contribution in [0.1, 0.15) is 23.2 Å². The second-order valence-electron chi connectivity index (χ2n) is 4.78. The van der Waals surface area contributed by atoms with Gasteiger partial charge >= 0.3 is 0 Å². The van der Waals surface area contributed by atoms with Crippen LogP contribution in [-0.2, 0) is 0 Å². The highest BCUT2D eigenvalue weighted by Gasteiger charge is 2.23. The van der Waals surface area contributed by atoms with Crippen LogP contribution in [0.2, 0.25) is 0 Å². The van der Waals surface area contributed by atoms with E-state index >= 15 is 0 Å². The number of nitrogens with zero attached hydrogens (tertiary/aromatic N) is 2. The molecule has 19 heavy (non-hydrogen) atoms. The third-order valence-corrected chi connectivity index (χ3v) is 4.18. The number of amides is 1. The van der Waals surface area contributed by atoms with Gasteiger partial charge in [0.05, 0.1) is 16.3 Å². The van der Waals surface area contributed by atoms with Crippen molar-refractivity contribution in [1.82, 2.24) is 9.88 Å². The maximum absolute atomic E-state index is 12.4. The van der Waals surface area contributed by atoms with E-state index in [0.29, 0.717) is 23.8 Å². The fraction of sp³-hybridized carbons (Fsp3) is 0.385. The van der Waals surface area contributed by atoms with Gasteiger partial charge < -0.3 is 15.7 Å². The molecule has 0 radical (unpaired) electrons. The molecular formula is C13H15N3O2S. The summed E-state index contributed by atoms with van der Waals surface area (Å²) in [4.78, 5) is 18.2. The van der Waals surface area contributed by atoms with Gasteiger partial charge in [-0.05, 0) is 31.0 Å². The van der Waals surface area contributed by atoms with Crippen LogP contribution in [0.4, 0.5) is 5.13 Å². The maximum Gasteiger partial charge on any atom is 0.253 e. The van der Waals surface area contributed by atoms with Gasteiger partial charge in [-0.15, -0.1) is 0 Å². The second-order valence-corrected chi connectivity index (χ2v) is 5.84. The Hall–Kier alpha value is -1.66. The molecule has 2 heterocycles. The lowest BCUT2D eigenvalue weighted by atomic mass is 10.1. The number of β-amino-alcohol motifs (C(OH)–C–C–N with tert-alkyl or cyclic N) is 1. The van der Waals surface area contributed by atoms with Crippen molar-refractivity contribution >= 4 is 32.6 Å². The zero-order valence-electron chi connectivity index (χ0n) is 10.4. The molecule has 1 aliphatic heterocycles. The number of rotatable bonds is 1. The Balaban J connectivity index is 1.88. The molecule has 3 N–H and O–H groups in total. The molecule has 1 atom stereocenters. The molecule has 0 bridgehead atoms. The molecule has 1 aromatic heterocycles. The molecule has 1 aromatic carbocycles. The van der Waals surface area contributed by atoms with E-state index in [0.717, 1.165) is 23.1 Å². The Morgan fingerprint density at radius 1 is 1.53 bits per heavy atom. The van der Waals surface area contributed by atoms with Gasteiger partial charge in [0.25, 0.3) is 5.91 Å². The van der Waals surface area contributed by atoms with Crippen LogP contribution in [0.25, 0.3) is 10.2 Å². The Kier molecular flexibility index (Phi) is 3.12. The summed E-state index contributed by atoms with van der Waals surface area (Å²) < 4.78 is 0.918. The summed E-state index contributed by atoms with van der Waals surface area (Å²) >= 11 is 1.38. The van der Waals surface area contributed by atoms with E-state index in [9.17, 15) is 9.90 Å². The summed E-state index contributed by atoms with van der Waals surface area (Å²) in [6.45, 7) is 1.13. The van der Waals surface area contributed by atoms with Gasteiger partial charge in [0.15, 0.2) is 5.13 Å². The van der Waals surface area contributed by atoms with Gasteiger partial charge in [-0.2, -0.15) is 0 Å². The number of hydrogen-bond acceptors (Lipinski definition) is 5. The van der Waals surface area contributed by atoms with Crippen molar-refractivity contribution in [3.63, 3.8) is 0 Å². The molecule has 100 valence electrons. The highest BCUT2D eigenvalue weighted by Crippen LogP contribution is 2.25. The van der Waals surface area contributed by atoms with Gasteiger partial charge in [0.1, 0.15) is 0 Å². The molecule has 5 nitrogen and oxygen atoms in total. The predicted octanol–water partition coefficient (Wildman–Crippen LogP) is 1.48. The van der Waals surface area contributed by atoms with Gasteiger partial charge in [0, 0.05) is 18.7 Å². The average molecular weight is 277 g/mol. The number of fused-ring (bicyclic) bond motifs is 1. The van der Waals surface area contributed by atoms with Crippen LogP contribution in [0, 0.1) is 0 Å². The number of carbonyl (C=O) groups excluding carboxylic acids is 1. The van der Waals surface area contributed by atoms with Crippen molar-refractivity contribution in [2.45, 2.75) is 18.9 Å². The Bertz CT molecular complexity index is 625. The number of hydrogen-bond donors (Lipinski definition) is 2. The quantitative estimate of drug-likeness (QED) is 0.827. The molecule has 0 aliphatic carbocycles. The summed E-state index contributed by atoms with van der Waals surface area (Å²) in [5.74, 6) is -0.0346. The molecular weight excluding hydrogens is 262 g/mol. The van der Waals surface area contributed by atoms with Gasteiger partial charge in [0.2, 0.25) is 0 Å². The number of carbonyl (C=O) groups is 1. The number of nitrogen functional groups attached to an aromatic ring is 1. The predicted molar refractivity (Wildman–Crippen MR) is 75.2 cm³/mol. The lowest BCUT2D eigenvalue weighted by molar-refractivity contribution is 0.0474. The number of aliphatic hydroxyl groups is 1. The van der Waals surface area contributed by atoms with Crippen LogP contribution in [0.3, 0.4) is 0 Å². The zero-order chi connectivity index (χ0) is 13.4. The topological polar surface area (TPSA) is 79.5 Å². The summed E-state index contributed by atoms with van der Waals surface area (Å²) in [5, 5.41) is 10.1. The van der Waals surface area contributed by atoms with Crippen LogP contribution in [0.15, 0.2) is 18.2 Å². The van der Waals surface area contributed by atoms with Crippen molar-refractivity contribution in [1.29, 1.82) is 0 Å². The third kappa shape index (κ3) is 2.41. The first kappa shape index (κ1) is 12.4. The summed E-state index contributed by atoms with van der Waals surface area (Å²) in [7, 11) is 0. The fourth-order valence-electron chi connectivity index (χ4n) is 2.40. The summed E-state index contributed by atoms with van der Waals surface area (Å²) in [6.07, 6.45) is 1.22. The number of aliphatic hydroxyl groups excluding tert-OH is 1. The molecule has 1 saturated heterocycles. The van der Waals surface area contributed by atoms with Crippen LogP contribution in [-0.4, -0.2) is 40.1 Å². The highest BCUT2D eigenvalue weighted by atomic mass is 32.1. The zero-order valence-corrected chi connectivity index (χ0v) is 11.2. The number of piperidine rings is 1. The normalized spacial score (nSPS) is 19.8. The Labute approximate surface area is 114 Å². The second kappa shape index (κ2) is 4.79. The molecule has 3 rings (SSSR count). The van der Waals surface area contributed by atoms with Crippen molar-refractivity contribution in [3.8, 4) is 0 Å². The molecule has 1 unspecified atom stereocenters. The number of nitrogens with two attached hydrogens (primary N) is 1. The smallest absolute Gasteiger partial charge is 0.253 e. The molecule has 1 amide bonds. The van der Waals surface area contributed by atoms with E-state index < -0.39 is 6.10 Å². The average Bonchev–Trinajstić information content (AvgIpc) is 2.76. The number of likely N-dealkylation sites (tertiary alicyclic amines) is 1. The van der Waals surface area contributed by atoms with Crippen molar-refractivity contribution < 1.29 is 9.90 Å². The van der Waals surface area contributed by atoms with Crippen molar-refractivity contribution in [3.05, 3.63) is 23.8 Å². The minimum atomic E-state index is -0.402. The first-order valence-corrected chi connectivity index (χ1v) is 7.08. The minimum absolute atomic E-state index is 0.0346. The van der Waals surface area contributed by atoms with Crippen LogP contribution < -0.4 is 5.73 Å². The lowest BCUT2D eigenvalue weighted by Gasteiger charge is -2.30. The molecule has 0 spiro atoms. The van der Waals surface area contributed by atoms with E-state index in [1.165, 1.54) is 11.3 Å². The largest absolute Gasteiger partial charge is 0.391 e. The Morgan fingerprint density at radius 3 is 3.16 bits per heavy atom. The van der Waals surface area contributed by atoms with Crippen molar-refractivity contribution in [2.24, 2.45) is 0 Å². The first-order chi connectivity index (χ1) is 9.13. The third-order valence-electron chi connectivity index (χ3n) is 3.34. The number of benzene rings is 1. The van der Waals surface area contributed by atoms with E-state index in [1.807, 2.05) is 12.1 Å². The minimum Gasteiger partial charge on any atom is -0.391 e. The van der Waals surface area contributed by atoms with Crippen LogP contribution >= 0.6 is 11.3 Å².